The van der Waals surface area contributed by atoms with E-state index < -0.39 is 10.0 Å². The quantitative estimate of drug-likeness (QED) is 0.846. The van der Waals surface area contributed by atoms with E-state index in [0.29, 0.717) is 10.8 Å². The first-order chi connectivity index (χ1) is 7.40. The molecule has 92 valence electrons. The number of rotatable bonds is 5. The van der Waals surface area contributed by atoms with E-state index in [1.54, 1.807) is 6.07 Å². The molecular weight excluding hydrogens is 244 g/mol. The van der Waals surface area contributed by atoms with Crippen LogP contribution in [-0.4, -0.2) is 14.5 Å². The molecule has 1 heterocycles. The molecule has 6 heteroatoms. The summed E-state index contributed by atoms with van der Waals surface area (Å²) >= 11 is 1.24. The van der Waals surface area contributed by atoms with Gasteiger partial charge in [0.25, 0.3) is 0 Å². The summed E-state index contributed by atoms with van der Waals surface area (Å²) in [5.74, 6) is 0. The Morgan fingerprint density at radius 2 is 2.19 bits per heavy atom. The number of nitrogens with one attached hydrogen (secondary N) is 1. The Morgan fingerprint density at radius 1 is 1.56 bits per heavy atom. The molecule has 1 rings (SSSR count). The molecule has 0 aliphatic rings. The lowest BCUT2D eigenvalue weighted by molar-refractivity contribution is 0.558. The molecule has 0 saturated heterocycles. The van der Waals surface area contributed by atoms with Gasteiger partial charge in [-0.15, -0.1) is 11.3 Å². The molecule has 0 saturated carbocycles. The first kappa shape index (κ1) is 13.6. The van der Waals surface area contributed by atoms with Crippen LogP contribution in [-0.2, 0) is 16.6 Å². The van der Waals surface area contributed by atoms with Crippen molar-refractivity contribution in [1.29, 1.82) is 0 Å². The van der Waals surface area contributed by atoms with Crippen molar-refractivity contribution in [3.05, 3.63) is 16.5 Å². The van der Waals surface area contributed by atoms with E-state index >= 15 is 0 Å². The average molecular weight is 262 g/mol. The summed E-state index contributed by atoms with van der Waals surface area (Å²) in [5.41, 5.74) is 6.47. The Balaban J connectivity index is 2.98. The first-order valence-electron chi connectivity index (χ1n) is 5.22. The van der Waals surface area contributed by atoms with Crippen LogP contribution in [0.15, 0.2) is 10.3 Å². The predicted molar refractivity (Wildman–Crippen MR) is 67.0 cm³/mol. The van der Waals surface area contributed by atoms with Crippen molar-refractivity contribution < 1.29 is 8.42 Å². The van der Waals surface area contributed by atoms with Gasteiger partial charge in [-0.3, -0.25) is 0 Å². The smallest absolute Gasteiger partial charge is 0.250 e. The maximum atomic E-state index is 11.9. The second kappa shape index (κ2) is 5.27. The lowest BCUT2D eigenvalue weighted by Crippen LogP contribution is -2.31. The van der Waals surface area contributed by atoms with Gasteiger partial charge in [0.05, 0.1) is 0 Å². The Kier molecular flexibility index (Phi) is 4.49. The van der Waals surface area contributed by atoms with Gasteiger partial charge in [0.15, 0.2) is 0 Å². The standard InChI is InChI=1S/C10H18N2O2S2/c1-4-8(3)12-16(13,14)10-5-7(2)9(6-11)15-10/h5,8,12H,4,6,11H2,1-3H3. The highest BCUT2D eigenvalue weighted by Gasteiger charge is 2.19. The zero-order valence-electron chi connectivity index (χ0n) is 9.78. The normalized spacial score (nSPS) is 14.0. The summed E-state index contributed by atoms with van der Waals surface area (Å²) < 4.78 is 26.9. The first-order valence-corrected chi connectivity index (χ1v) is 7.52. The maximum absolute atomic E-state index is 11.9. The SMILES string of the molecule is CCC(C)NS(=O)(=O)c1cc(C)c(CN)s1. The van der Waals surface area contributed by atoms with Crippen LogP contribution >= 0.6 is 11.3 Å². The van der Waals surface area contributed by atoms with Crippen LogP contribution in [0.1, 0.15) is 30.7 Å². The Labute approximate surface area is 101 Å². The molecule has 0 amide bonds. The third-order valence-corrected chi connectivity index (χ3v) is 5.74. The fourth-order valence-electron chi connectivity index (χ4n) is 1.23. The van der Waals surface area contributed by atoms with Gasteiger partial charge in [-0.2, -0.15) is 0 Å². The van der Waals surface area contributed by atoms with Gasteiger partial charge in [-0.25, -0.2) is 13.1 Å². The molecule has 4 nitrogen and oxygen atoms in total. The summed E-state index contributed by atoms with van der Waals surface area (Å²) in [4.78, 5) is 0.921. The van der Waals surface area contributed by atoms with E-state index in [-0.39, 0.29) is 6.04 Å². The van der Waals surface area contributed by atoms with Crippen LogP contribution in [0.5, 0.6) is 0 Å². The molecule has 1 atom stereocenters. The van der Waals surface area contributed by atoms with Crippen LogP contribution in [0.25, 0.3) is 0 Å². The van der Waals surface area contributed by atoms with Gasteiger partial charge in [-0.1, -0.05) is 6.92 Å². The number of nitrogens with two attached hydrogens (primary N) is 1. The van der Waals surface area contributed by atoms with E-state index in [1.807, 2.05) is 20.8 Å². The van der Waals surface area contributed by atoms with Gasteiger partial charge >= 0.3 is 0 Å². The number of hydrogen-bond acceptors (Lipinski definition) is 4. The molecule has 0 bridgehead atoms. The minimum Gasteiger partial charge on any atom is -0.326 e. The molecule has 0 aliphatic heterocycles. The van der Waals surface area contributed by atoms with Crippen molar-refractivity contribution in [1.82, 2.24) is 4.72 Å². The van der Waals surface area contributed by atoms with Gasteiger partial charge in [0.2, 0.25) is 10.0 Å². The monoisotopic (exact) mass is 262 g/mol. The zero-order valence-corrected chi connectivity index (χ0v) is 11.4. The summed E-state index contributed by atoms with van der Waals surface area (Å²) in [6, 6.07) is 1.63. The zero-order chi connectivity index (χ0) is 12.3. The minimum atomic E-state index is -3.37. The topological polar surface area (TPSA) is 72.2 Å². The predicted octanol–water partition coefficient (Wildman–Crippen LogP) is 1.59. The molecule has 1 aromatic rings. The molecule has 0 fully saturated rings. The van der Waals surface area contributed by atoms with Crippen molar-refractivity contribution in [2.45, 2.75) is 44.0 Å². The highest BCUT2D eigenvalue weighted by Crippen LogP contribution is 2.25. The van der Waals surface area contributed by atoms with E-state index in [0.717, 1.165) is 16.9 Å². The Bertz CT molecular complexity index is 451. The summed E-state index contributed by atoms with van der Waals surface area (Å²) in [6.07, 6.45) is 0.771. The van der Waals surface area contributed by atoms with Gasteiger partial charge in [-0.05, 0) is 31.9 Å². The van der Waals surface area contributed by atoms with E-state index in [2.05, 4.69) is 4.72 Å². The maximum Gasteiger partial charge on any atom is 0.250 e. The molecule has 16 heavy (non-hydrogen) atoms. The van der Waals surface area contributed by atoms with Crippen molar-refractivity contribution in [2.24, 2.45) is 5.73 Å². The van der Waals surface area contributed by atoms with E-state index in [4.69, 9.17) is 5.73 Å². The third-order valence-electron chi connectivity index (χ3n) is 2.42. The molecule has 0 aromatic carbocycles. The fraction of sp³-hybridized carbons (Fsp3) is 0.600. The summed E-state index contributed by atoms with van der Waals surface area (Å²) in [7, 11) is -3.37. The van der Waals surface area contributed by atoms with Crippen molar-refractivity contribution in [3.8, 4) is 0 Å². The van der Waals surface area contributed by atoms with Crippen LogP contribution in [0.4, 0.5) is 0 Å². The van der Waals surface area contributed by atoms with E-state index in [1.165, 1.54) is 11.3 Å². The van der Waals surface area contributed by atoms with Crippen LogP contribution in [0.2, 0.25) is 0 Å². The highest BCUT2D eigenvalue weighted by atomic mass is 32.2. The highest BCUT2D eigenvalue weighted by molar-refractivity contribution is 7.91. The minimum absolute atomic E-state index is 0.0475. The number of sulfonamides is 1. The van der Waals surface area contributed by atoms with Crippen molar-refractivity contribution >= 4 is 21.4 Å². The average Bonchev–Trinajstić information content (AvgIpc) is 2.59. The van der Waals surface area contributed by atoms with Crippen molar-refractivity contribution in [2.75, 3.05) is 0 Å². The number of thiophene rings is 1. The summed E-state index contributed by atoms with van der Waals surface area (Å²) in [5, 5.41) is 0. The summed E-state index contributed by atoms with van der Waals surface area (Å²) in [6.45, 7) is 6.05. The van der Waals surface area contributed by atoms with Gasteiger partial charge in [0, 0.05) is 17.5 Å². The van der Waals surface area contributed by atoms with Crippen molar-refractivity contribution in [3.63, 3.8) is 0 Å². The van der Waals surface area contributed by atoms with Gasteiger partial charge in [0.1, 0.15) is 4.21 Å². The van der Waals surface area contributed by atoms with Gasteiger partial charge < -0.3 is 5.73 Å². The van der Waals surface area contributed by atoms with E-state index in [9.17, 15) is 8.42 Å². The lowest BCUT2D eigenvalue weighted by atomic mass is 10.3. The largest absolute Gasteiger partial charge is 0.326 e. The molecule has 0 aliphatic carbocycles. The number of hydrogen-bond donors (Lipinski definition) is 2. The Hall–Kier alpha value is -0.430. The second-order valence-corrected chi connectivity index (χ2v) is 6.88. The molecule has 3 N–H and O–H groups in total. The van der Waals surface area contributed by atoms with Crippen LogP contribution in [0.3, 0.4) is 0 Å². The lowest BCUT2D eigenvalue weighted by Gasteiger charge is -2.10. The number of aryl methyl sites for hydroxylation is 1. The third kappa shape index (κ3) is 3.04. The fourth-order valence-corrected chi connectivity index (χ4v) is 4.04. The second-order valence-electron chi connectivity index (χ2n) is 3.81. The van der Waals surface area contributed by atoms with Crippen LogP contribution in [0, 0.1) is 6.92 Å². The Morgan fingerprint density at radius 3 is 2.62 bits per heavy atom. The molecule has 0 spiro atoms. The van der Waals surface area contributed by atoms with Crippen LogP contribution < -0.4 is 10.5 Å². The molecule has 1 aromatic heterocycles. The molecular formula is C10H18N2O2S2. The molecule has 1 unspecified atom stereocenters. The molecule has 0 radical (unpaired) electrons.